The van der Waals surface area contributed by atoms with Gasteiger partial charge in [-0.15, -0.1) is 0 Å². The normalized spacial score (nSPS) is 24.5. The van der Waals surface area contributed by atoms with Gasteiger partial charge in [-0.25, -0.2) is 19.3 Å². The number of anilines is 1. The first kappa shape index (κ1) is 17.4. The highest BCUT2D eigenvalue weighted by Gasteiger charge is 2.24. The molecular formula is C19H26FN5O. The summed E-state index contributed by atoms with van der Waals surface area (Å²) in [5, 5.41) is 3.35. The summed E-state index contributed by atoms with van der Waals surface area (Å²) in [6.45, 7) is 2.81. The fourth-order valence-electron chi connectivity index (χ4n) is 3.97. The zero-order chi connectivity index (χ0) is 17.9. The number of aromatic amines is 1. The Balaban J connectivity index is 1.52. The second-order valence-electron chi connectivity index (χ2n) is 7.45. The van der Waals surface area contributed by atoms with Crippen LogP contribution in [0.15, 0.2) is 12.4 Å². The summed E-state index contributed by atoms with van der Waals surface area (Å²) in [6, 6.07) is 0.378. The van der Waals surface area contributed by atoms with Crippen LogP contribution in [0.3, 0.4) is 0 Å². The van der Waals surface area contributed by atoms with Gasteiger partial charge in [0.2, 0.25) is 5.95 Å². The van der Waals surface area contributed by atoms with Crippen molar-refractivity contribution in [1.29, 1.82) is 0 Å². The lowest BCUT2D eigenvalue weighted by Gasteiger charge is -2.25. The van der Waals surface area contributed by atoms with E-state index < -0.39 is 5.82 Å². The van der Waals surface area contributed by atoms with E-state index in [1.165, 1.54) is 25.5 Å². The second-order valence-corrected chi connectivity index (χ2v) is 7.45. The molecular weight excluding hydrogens is 333 g/mol. The van der Waals surface area contributed by atoms with Gasteiger partial charge in [0, 0.05) is 18.6 Å². The van der Waals surface area contributed by atoms with E-state index in [2.05, 4.69) is 32.2 Å². The first-order valence-electron chi connectivity index (χ1n) is 9.65. The van der Waals surface area contributed by atoms with Crippen molar-refractivity contribution < 1.29 is 9.13 Å². The molecule has 2 fully saturated rings. The van der Waals surface area contributed by atoms with Crippen LogP contribution in [0, 0.1) is 5.82 Å². The van der Waals surface area contributed by atoms with Crippen molar-refractivity contribution in [2.75, 3.05) is 11.9 Å². The van der Waals surface area contributed by atoms with Crippen LogP contribution in [0.2, 0.25) is 0 Å². The summed E-state index contributed by atoms with van der Waals surface area (Å²) in [5.41, 5.74) is 0.878. The summed E-state index contributed by atoms with van der Waals surface area (Å²) in [7, 11) is 0. The Morgan fingerprint density at radius 1 is 1.15 bits per heavy atom. The maximum absolute atomic E-state index is 14.3. The molecule has 2 atom stereocenters. The number of aromatic nitrogens is 4. The highest BCUT2D eigenvalue weighted by atomic mass is 19.1. The molecule has 1 aliphatic carbocycles. The number of halogens is 1. The molecule has 0 amide bonds. The van der Waals surface area contributed by atoms with Crippen LogP contribution in [-0.4, -0.2) is 38.7 Å². The van der Waals surface area contributed by atoms with Crippen LogP contribution < -0.4 is 5.32 Å². The van der Waals surface area contributed by atoms with Crippen molar-refractivity contribution in [3.63, 3.8) is 0 Å². The molecule has 140 valence electrons. The molecule has 0 aromatic carbocycles. The molecule has 7 heteroatoms. The molecule has 0 radical (unpaired) electrons. The maximum atomic E-state index is 14.3. The predicted molar refractivity (Wildman–Crippen MR) is 97.5 cm³/mol. The zero-order valence-corrected chi connectivity index (χ0v) is 15.2. The largest absolute Gasteiger partial charge is 0.378 e. The average Bonchev–Trinajstić information content (AvgIpc) is 3.14. The van der Waals surface area contributed by atoms with Gasteiger partial charge in [-0.05, 0) is 32.6 Å². The first-order chi connectivity index (χ1) is 12.7. The number of ether oxygens (including phenoxy) is 1. The number of nitrogens with one attached hydrogen (secondary N) is 2. The number of hydrogen-bond donors (Lipinski definition) is 2. The van der Waals surface area contributed by atoms with E-state index in [1.54, 1.807) is 6.20 Å². The van der Waals surface area contributed by atoms with Crippen molar-refractivity contribution in [3.8, 4) is 11.4 Å². The molecule has 4 rings (SSSR count). The lowest BCUT2D eigenvalue weighted by atomic mass is 9.96. The summed E-state index contributed by atoms with van der Waals surface area (Å²) >= 11 is 0. The Morgan fingerprint density at radius 2 is 2.00 bits per heavy atom. The van der Waals surface area contributed by atoms with Gasteiger partial charge in [-0.2, -0.15) is 0 Å². The van der Waals surface area contributed by atoms with Crippen LogP contribution >= 0.6 is 0 Å². The number of imidazole rings is 1. The standard InChI is InChI=1S/C19H26FN5O/c1-12-9-13(7-8-26-12)18-21-11-16(24-18)17-15(20)10-22-19(25-17)23-14-5-3-2-4-6-14/h10-14H,2-9H2,1H3,(H,21,24)(H,22,23,25). The molecule has 26 heavy (non-hydrogen) atoms. The minimum Gasteiger partial charge on any atom is -0.378 e. The van der Waals surface area contributed by atoms with E-state index in [-0.39, 0.29) is 11.8 Å². The van der Waals surface area contributed by atoms with Gasteiger partial charge < -0.3 is 15.0 Å². The van der Waals surface area contributed by atoms with Crippen LogP contribution in [0.25, 0.3) is 11.4 Å². The van der Waals surface area contributed by atoms with Gasteiger partial charge in [0.05, 0.1) is 24.2 Å². The molecule has 2 aromatic heterocycles. The molecule has 1 saturated carbocycles. The number of nitrogens with zero attached hydrogens (tertiary/aromatic N) is 3. The monoisotopic (exact) mass is 359 g/mol. The third-order valence-corrected chi connectivity index (χ3v) is 5.40. The van der Waals surface area contributed by atoms with E-state index in [0.29, 0.717) is 23.6 Å². The minimum absolute atomic E-state index is 0.226. The van der Waals surface area contributed by atoms with Crippen molar-refractivity contribution >= 4 is 5.95 Å². The Morgan fingerprint density at radius 3 is 2.81 bits per heavy atom. The van der Waals surface area contributed by atoms with E-state index in [4.69, 9.17) is 4.74 Å². The third kappa shape index (κ3) is 3.87. The molecule has 0 spiro atoms. The van der Waals surface area contributed by atoms with Crippen LogP contribution in [-0.2, 0) is 4.74 Å². The second kappa shape index (κ2) is 7.70. The van der Waals surface area contributed by atoms with Gasteiger partial charge in [0.25, 0.3) is 0 Å². The fourth-order valence-corrected chi connectivity index (χ4v) is 3.97. The summed E-state index contributed by atoms with van der Waals surface area (Å²) in [5.74, 6) is 1.26. The first-order valence-corrected chi connectivity index (χ1v) is 9.65. The Hall–Kier alpha value is -2.02. The van der Waals surface area contributed by atoms with E-state index in [9.17, 15) is 4.39 Å². The maximum Gasteiger partial charge on any atom is 0.223 e. The SMILES string of the molecule is CC1CC(c2ncc(-c3nc(NC4CCCCC4)ncc3F)[nH]2)CCO1. The van der Waals surface area contributed by atoms with Gasteiger partial charge in [0.1, 0.15) is 11.5 Å². The average molecular weight is 359 g/mol. The van der Waals surface area contributed by atoms with Gasteiger partial charge in [-0.1, -0.05) is 19.3 Å². The number of rotatable bonds is 4. The molecule has 3 heterocycles. The number of hydrogen-bond acceptors (Lipinski definition) is 5. The fraction of sp³-hybridized carbons (Fsp3) is 0.632. The Bertz CT molecular complexity index is 743. The van der Waals surface area contributed by atoms with Crippen LogP contribution in [0.5, 0.6) is 0 Å². The van der Waals surface area contributed by atoms with Crippen molar-refractivity contribution in [1.82, 2.24) is 19.9 Å². The molecule has 6 nitrogen and oxygen atoms in total. The molecule has 1 saturated heterocycles. The molecule has 2 unspecified atom stereocenters. The highest BCUT2D eigenvalue weighted by Crippen LogP contribution is 2.30. The zero-order valence-electron chi connectivity index (χ0n) is 15.2. The minimum atomic E-state index is -0.435. The lowest BCUT2D eigenvalue weighted by Crippen LogP contribution is -2.23. The van der Waals surface area contributed by atoms with Gasteiger partial charge in [-0.3, -0.25) is 0 Å². The van der Waals surface area contributed by atoms with Crippen LogP contribution in [0.4, 0.5) is 10.3 Å². The van der Waals surface area contributed by atoms with E-state index in [1.807, 2.05) is 0 Å². The highest BCUT2D eigenvalue weighted by molar-refractivity contribution is 5.55. The summed E-state index contributed by atoms with van der Waals surface area (Å²) in [6.07, 6.45) is 11.0. The number of H-pyrrole nitrogens is 1. The Kier molecular flexibility index (Phi) is 5.15. The summed E-state index contributed by atoms with van der Waals surface area (Å²) < 4.78 is 19.9. The molecule has 2 aliphatic rings. The smallest absolute Gasteiger partial charge is 0.223 e. The van der Waals surface area contributed by atoms with Gasteiger partial charge >= 0.3 is 0 Å². The van der Waals surface area contributed by atoms with Crippen molar-refractivity contribution in [2.45, 2.75) is 69.9 Å². The third-order valence-electron chi connectivity index (χ3n) is 5.40. The van der Waals surface area contributed by atoms with Crippen LogP contribution in [0.1, 0.15) is 63.6 Å². The van der Waals surface area contributed by atoms with Crippen molar-refractivity contribution in [3.05, 3.63) is 24.0 Å². The molecule has 2 N–H and O–H groups in total. The Labute approximate surface area is 153 Å². The summed E-state index contributed by atoms with van der Waals surface area (Å²) in [4.78, 5) is 16.3. The molecule has 0 bridgehead atoms. The molecule has 2 aromatic rings. The predicted octanol–water partition coefficient (Wildman–Crippen LogP) is 4.03. The van der Waals surface area contributed by atoms with Crippen molar-refractivity contribution in [2.24, 2.45) is 0 Å². The topological polar surface area (TPSA) is 75.7 Å². The van der Waals surface area contributed by atoms with E-state index >= 15 is 0 Å². The van der Waals surface area contributed by atoms with E-state index in [0.717, 1.165) is 38.1 Å². The quantitative estimate of drug-likeness (QED) is 0.862. The lowest BCUT2D eigenvalue weighted by molar-refractivity contribution is 0.0174. The van der Waals surface area contributed by atoms with Gasteiger partial charge in [0.15, 0.2) is 5.82 Å². The molecule has 1 aliphatic heterocycles.